The number of nitrogens with zero attached hydrogens (tertiary/aromatic N) is 7. The van der Waals surface area contributed by atoms with Crippen molar-refractivity contribution in [2.45, 2.75) is 64.6 Å². The van der Waals surface area contributed by atoms with Gasteiger partial charge in [0, 0.05) is 72.2 Å². The van der Waals surface area contributed by atoms with Crippen molar-refractivity contribution in [1.82, 2.24) is 34.2 Å². The number of imidazole rings is 2. The van der Waals surface area contributed by atoms with Gasteiger partial charge in [0.15, 0.2) is 28.0 Å². The number of carbonyl (C=O) groups excluding carboxylic acids is 2. The normalized spacial score (nSPS) is 18.4. The number of halogens is 1. The van der Waals surface area contributed by atoms with Gasteiger partial charge in [-0.05, 0) is 92.8 Å². The van der Waals surface area contributed by atoms with Crippen LogP contribution in [-0.2, 0) is 18.9 Å². The SMILES string of the molecule is Cc1cc(-c2cnc3c(NCC4COCCO4)cc(-c4ccncc4)nn23)ccc1C(=O)CC1CC1.Cc1cc(-c2cnc3c(NCC4COCCO4)cc(Cl)nn23)ccc1C(=O)CC1CC1. The summed E-state index contributed by atoms with van der Waals surface area (Å²) in [4.78, 5) is 38.7. The summed E-state index contributed by atoms with van der Waals surface area (Å²) in [5.41, 5.74) is 12.0. The lowest BCUT2D eigenvalue weighted by atomic mass is 9.98. The van der Waals surface area contributed by atoms with Gasteiger partial charge in [-0.25, -0.2) is 19.0 Å². The van der Waals surface area contributed by atoms with Crippen LogP contribution in [0.5, 0.6) is 0 Å². The fourth-order valence-electron chi connectivity index (χ4n) is 8.64. The Morgan fingerprint density at radius 1 is 0.642 bits per heavy atom. The topological polar surface area (TPSA) is 168 Å². The molecule has 67 heavy (non-hydrogen) atoms. The highest BCUT2D eigenvalue weighted by Gasteiger charge is 2.27. The summed E-state index contributed by atoms with van der Waals surface area (Å²) in [5.74, 6) is 1.61. The number of nitrogens with one attached hydrogen (secondary N) is 2. The highest BCUT2D eigenvalue weighted by molar-refractivity contribution is 6.29. The zero-order valence-electron chi connectivity index (χ0n) is 37.7. The molecule has 11 rings (SSSR count). The molecule has 15 nitrogen and oxygen atoms in total. The van der Waals surface area contributed by atoms with Gasteiger partial charge >= 0.3 is 0 Å². The van der Waals surface area contributed by atoms with Crippen molar-refractivity contribution in [3.8, 4) is 33.8 Å². The summed E-state index contributed by atoms with van der Waals surface area (Å²) in [6.45, 7) is 8.78. The summed E-state index contributed by atoms with van der Waals surface area (Å²) >= 11 is 6.31. The van der Waals surface area contributed by atoms with Crippen LogP contribution < -0.4 is 10.6 Å². The van der Waals surface area contributed by atoms with Gasteiger partial charge in [-0.2, -0.15) is 10.2 Å². The number of aromatic nitrogens is 7. The third kappa shape index (κ3) is 10.6. The van der Waals surface area contributed by atoms with Gasteiger partial charge in [-0.1, -0.05) is 35.9 Å². The largest absolute Gasteiger partial charge is 0.379 e. The molecular formula is C51H54ClN9O6. The highest BCUT2D eigenvalue weighted by atomic mass is 35.5. The van der Waals surface area contributed by atoms with Crippen LogP contribution in [0.2, 0.25) is 5.15 Å². The van der Waals surface area contributed by atoms with Gasteiger partial charge in [-0.15, -0.1) is 0 Å². The molecule has 7 heterocycles. The summed E-state index contributed by atoms with van der Waals surface area (Å²) in [7, 11) is 0. The smallest absolute Gasteiger partial charge is 0.177 e. The zero-order chi connectivity index (χ0) is 45.9. The molecule has 16 heteroatoms. The molecule has 4 fully saturated rings. The minimum absolute atomic E-state index is 0.0152. The Hall–Kier alpha value is -6.10. The molecular weight excluding hydrogens is 870 g/mol. The first kappa shape index (κ1) is 44.7. The second kappa shape index (κ2) is 20.0. The van der Waals surface area contributed by atoms with E-state index in [2.05, 4.69) is 31.8 Å². The van der Waals surface area contributed by atoms with Crippen LogP contribution in [0.4, 0.5) is 11.4 Å². The first-order chi connectivity index (χ1) is 32.7. The van der Waals surface area contributed by atoms with E-state index < -0.39 is 0 Å². The van der Waals surface area contributed by atoms with E-state index in [-0.39, 0.29) is 23.8 Å². The third-order valence-electron chi connectivity index (χ3n) is 12.7. The molecule has 4 aliphatic rings. The van der Waals surface area contributed by atoms with Crippen molar-refractivity contribution in [2.75, 3.05) is 63.4 Å². The molecule has 2 saturated heterocycles. The number of Topliss-reactive ketones (excluding diaryl/α,β-unsaturated/α-hetero) is 2. The van der Waals surface area contributed by atoms with Gasteiger partial charge in [0.05, 0.1) is 92.7 Å². The lowest BCUT2D eigenvalue weighted by Crippen LogP contribution is -2.34. The molecule has 7 aromatic rings. The quantitative estimate of drug-likeness (QED) is 0.0938. The number of hydrogen-bond acceptors (Lipinski definition) is 13. The van der Waals surface area contributed by atoms with Crippen LogP contribution in [-0.4, -0.2) is 111 Å². The molecule has 2 N–H and O–H groups in total. The van der Waals surface area contributed by atoms with E-state index in [1.54, 1.807) is 29.2 Å². The molecule has 0 bridgehead atoms. The highest BCUT2D eigenvalue weighted by Crippen LogP contribution is 2.36. The van der Waals surface area contributed by atoms with Crippen LogP contribution in [0, 0.1) is 25.7 Å². The Morgan fingerprint density at radius 3 is 1.63 bits per heavy atom. The van der Waals surface area contributed by atoms with Crippen molar-refractivity contribution in [1.29, 1.82) is 0 Å². The molecule has 5 aromatic heterocycles. The second-order valence-electron chi connectivity index (χ2n) is 17.9. The Bertz CT molecular complexity index is 2900. The number of aryl methyl sites for hydroxylation is 2. The molecule has 0 amide bonds. The standard InChI is InChI=1S/C28H29N5O3.C23H25ClN4O3/c1-18-12-21(4-5-23(18)27(34)13-19-2-3-19)26-16-31-28-25(30-15-22-17-35-10-11-36-22)14-24(32-33(26)28)20-6-8-29-9-7-20;1-14-8-16(4-5-18(14)21(29)9-15-2-3-15)20-12-26-23-19(10-22(24)27-28(20)23)25-11-17-13-30-6-7-31-17/h4-9,12,14,16,19,22,30H,2-3,10-11,13,15,17H2,1H3;4-5,8,10,12,15,17,25H,2-3,6-7,9,11,13H2,1H3. The predicted molar refractivity (Wildman–Crippen MR) is 256 cm³/mol. The molecule has 346 valence electrons. The van der Waals surface area contributed by atoms with E-state index in [4.69, 9.17) is 40.6 Å². The van der Waals surface area contributed by atoms with Crippen LogP contribution >= 0.6 is 11.6 Å². The summed E-state index contributed by atoms with van der Waals surface area (Å²) < 4.78 is 26.1. The summed E-state index contributed by atoms with van der Waals surface area (Å²) in [5, 5.41) is 16.6. The molecule has 2 saturated carbocycles. The number of rotatable bonds is 15. The second-order valence-corrected chi connectivity index (χ2v) is 18.3. The number of carbonyl (C=O) groups is 2. The first-order valence-corrected chi connectivity index (χ1v) is 23.6. The Balaban J connectivity index is 0.000000159. The molecule has 2 aromatic carbocycles. The van der Waals surface area contributed by atoms with Crippen molar-refractivity contribution in [3.05, 3.63) is 113 Å². The van der Waals surface area contributed by atoms with E-state index >= 15 is 0 Å². The number of anilines is 2. The summed E-state index contributed by atoms with van der Waals surface area (Å²) in [6, 6.07) is 19.6. The van der Waals surface area contributed by atoms with Crippen molar-refractivity contribution >= 4 is 45.8 Å². The van der Waals surface area contributed by atoms with E-state index in [9.17, 15) is 9.59 Å². The molecule has 2 unspecified atom stereocenters. The van der Waals surface area contributed by atoms with Crippen LogP contribution in [0.25, 0.3) is 45.1 Å². The predicted octanol–water partition coefficient (Wildman–Crippen LogP) is 8.75. The van der Waals surface area contributed by atoms with Gasteiger partial charge in [-0.3, -0.25) is 14.6 Å². The monoisotopic (exact) mass is 923 g/mol. The Kier molecular flexibility index (Phi) is 13.4. The minimum Gasteiger partial charge on any atom is -0.379 e. The number of benzene rings is 2. The average Bonchev–Trinajstić information content (AvgIpc) is 4.27. The van der Waals surface area contributed by atoms with Crippen molar-refractivity contribution in [2.24, 2.45) is 11.8 Å². The van der Waals surface area contributed by atoms with E-state index in [0.29, 0.717) is 88.2 Å². The summed E-state index contributed by atoms with van der Waals surface area (Å²) in [6.07, 6.45) is 13.1. The maximum Gasteiger partial charge on any atom is 0.177 e. The number of hydrogen-bond donors (Lipinski definition) is 2. The van der Waals surface area contributed by atoms with Crippen molar-refractivity contribution < 1.29 is 28.5 Å². The number of pyridine rings is 1. The lowest BCUT2D eigenvalue weighted by molar-refractivity contribution is -0.0818. The van der Waals surface area contributed by atoms with Crippen LogP contribution in [0.3, 0.4) is 0 Å². The van der Waals surface area contributed by atoms with Gasteiger partial charge in [0.2, 0.25) is 0 Å². The molecule has 2 aliphatic carbocycles. The molecule has 2 atom stereocenters. The average molecular weight is 925 g/mol. The van der Waals surface area contributed by atoms with Crippen LogP contribution in [0.1, 0.15) is 70.4 Å². The number of ether oxygens (including phenoxy) is 4. The van der Waals surface area contributed by atoms with E-state index in [1.807, 2.05) is 73.1 Å². The maximum atomic E-state index is 12.7. The Morgan fingerprint density at radius 2 is 1.15 bits per heavy atom. The molecule has 2 aliphatic heterocycles. The van der Waals surface area contributed by atoms with Gasteiger partial charge < -0.3 is 29.6 Å². The van der Waals surface area contributed by atoms with Gasteiger partial charge in [0.25, 0.3) is 0 Å². The fraction of sp³-hybridized carbons (Fsp3) is 0.392. The van der Waals surface area contributed by atoms with E-state index in [0.717, 1.165) is 73.0 Å². The lowest BCUT2D eigenvalue weighted by Gasteiger charge is -2.23. The maximum absolute atomic E-state index is 12.7. The Labute approximate surface area is 393 Å². The third-order valence-corrected chi connectivity index (χ3v) is 12.9. The zero-order valence-corrected chi connectivity index (χ0v) is 38.5. The fourth-order valence-corrected chi connectivity index (χ4v) is 8.83. The molecule has 0 radical (unpaired) electrons. The van der Waals surface area contributed by atoms with Crippen LogP contribution in [0.15, 0.2) is 85.5 Å². The number of fused-ring (bicyclic) bond motifs is 2. The number of ketones is 2. The van der Waals surface area contributed by atoms with E-state index in [1.165, 1.54) is 25.7 Å². The minimum atomic E-state index is -0.0193. The first-order valence-electron chi connectivity index (χ1n) is 23.2. The molecule has 0 spiro atoms. The van der Waals surface area contributed by atoms with Crippen molar-refractivity contribution in [3.63, 3.8) is 0 Å². The van der Waals surface area contributed by atoms with Gasteiger partial charge in [0.1, 0.15) is 0 Å².